The summed E-state index contributed by atoms with van der Waals surface area (Å²) in [6.07, 6.45) is 9.10. The second-order valence-corrected chi connectivity index (χ2v) is 7.15. The van der Waals surface area contributed by atoms with Crippen LogP contribution in [-0.4, -0.2) is 26.3 Å². The largest absolute Gasteiger partial charge is 0.494 e. The standard InChI is InChI=1S/C24H36N2O2/c25-17-5-1-3-7-19-27-23-13-9-21(10-14-23)22-11-15-24(16-12-22)28-20-8-4-2-6-18-26/h9-16H,1-8,17-20,25-26H2. The smallest absolute Gasteiger partial charge is 0.119 e. The van der Waals surface area contributed by atoms with E-state index in [9.17, 15) is 0 Å². The number of hydrogen-bond acceptors (Lipinski definition) is 4. The van der Waals surface area contributed by atoms with Crippen molar-refractivity contribution < 1.29 is 9.47 Å². The van der Waals surface area contributed by atoms with Crippen molar-refractivity contribution in [1.29, 1.82) is 0 Å². The fraction of sp³-hybridized carbons (Fsp3) is 0.500. The summed E-state index contributed by atoms with van der Waals surface area (Å²) in [5, 5.41) is 0. The minimum atomic E-state index is 0.766. The van der Waals surface area contributed by atoms with E-state index in [1.165, 1.54) is 36.8 Å². The van der Waals surface area contributed by atoms with Crippen LogP contribution in [0.4, 0.5) is 0 Å². The van der Waals surface area contributed by atoms with Crippen molar-refractivity contribution in [2.24, 2.45) is 11.5 Å². The predicted octanol–water partition coefficient (Wildman–Crippen LogP) is 5.15. The van der Waals surface area contributed by atoms with Gasteiger partial charge in [0.1, 0.15) is 11.5 Å². The van der Waals surface area contributed by atoms with Gasteiger partial charge in [-0.05, 0) is 74.2 Å². The molecule has 0 spiro atoms. The first kappa shape index (κ1) is 22.3. The molecule has 0 unspecified atom stereocenters. The van der Waals surface area contributed by atoms with Crippen LogP contribution in [0.2, 0.25) is 0 Å². The van der Waals surface area contributed by atoms with Gasteiger partial charge >= 0.3 is 0 Å². The molecule has 0 saturated heterocycles. The molecule has 0 fully saturated rings. The molecule has 0 aliphatic rings. The first-order valence-electron chi connectivity index (χ1n) is 10.7. The van der Waals surface area contributed by atoms with E-state index in [1.54, 1.807) is 0 Å². The zero-order valence-corrected chi connectivity index (χ0v) is 17.1. The Hall–Kier alpha value is -2.04. The molecular weight excluding hydrogens is 348 g/mol. The Bertz CT molecular complexity index is 569. The summed E-state index contributed by atoms with van der Waals surface area (Å²) in [7, 11) is 0. The van der Waals surface area contributed by atoms with Gasteiger partial charge in [-0.1, -0.05) is 49.9 Å². The molecule has 0 heterocycles. The third-order valence-electron chi connectivity index (χ3n) is 4.78. The van der Waals surface area contributed by atoms with Gasteiger partial charge in [0.05, 0.1) is 13.2 Å². The normalized spacial score (nSPS) is 10.8. The van der Waals surface area contributed by atoms with Crippen molar-refractivity contribution in [2.75, 3.05) is 26.3 Å². The topological polar surface area (TPSA) is 70.5 Å². The highest BCUT2D eigenvalue weighted by Gasteiger charge is 2.01. The molecule has 2 rings (SSSR count). The third kappa shape index (κ3) is 8.77. The number of benzene rings is 2. The van der Waals surface area contributed by atoms with Crippen LogP contribution in [0, 0.1) is 0 Å². The lowest BCUT2D eigenvalue weighted by Gasteiger charge is -2.09. The van der Waals surface area contributed by atoms with Gasteiger partial charge < -0.3 is 20.9 Å². The maximum absolute atomic E-state index is 5.82. The Morgan fingerprint density at radius 2 is 0.821 bits per heavy atom. The van der Waals surface area contributed by atoms with E-state index < -0.39 is 0 Å². The first-order valence-corrected chi connectivity index (χ1v) is 10.7. The molecule has 0 radical (unpaired) electrons. The molecule has 2 aromatic rings. The molecule has 0 aromatic heterocycles. The van der Waals surface area contributed by atoms with Crippen molar-refractivity contribution in [3.8, 4) is 22.6 Å². The number of nitrogens with two attached hydrogens (primary N) is 2. The Morgan fingerprint density at radius 1 is 0.464 bits per heavy atom. The minimum Gasteiger partial charge on any atom is -0.494 e. The third-order valence-corrected chi connectivity index (χ3v) is 4.78. The van der Waals surface area contributed by atoms with Crippen LogP contribution in [0.5, 0.6) is 11.5 Å². The average molecular weight is 385 g/mol. The lowest BCUT2D eigenvalue weighted by Crippen LogP contribution is -2.00. The maximum atomic E-state index is 5.82. The van der Waals surface area contributed by atoms with Crippen LogP contribution in [0.1, 0.15) is 51.4 Å². The molecule has 4 nitrogen and oxygen atoms in total. The van der Waals surface area contributed by atoms with Gasteiger partial charge in [0.25, 0.3) is 0 Å². The Kier molecular flexibility index (Phi) is 11.1. The SMILES string of the molecule is NCCCCCCOc1ccc(-c2ccc(OCCCCCCN)cc2)cc1. The molecular formula is C24H36N2O2. The van der Waals surface area contributed by atoms with E-state index >= 15 is 0 Å². The van der Waals surface area contributed by atoms with Crippen molar-refractivity contribution in [1.82, 2.24) is 0 Å². The van der Waals surface area contributed by atoms with Crippen LogP contribution in [0.15, 0.2) is 48.5 Å². The number of rotatable bonds is 15. The second-order valence-electron chi connectivity index (χ2n) is 7.15. The van der Waals surface area contributed by atoms with Gasteiger partial charge in [0.15, 0.2) is 0 Å². The number of ether oxygens (including phenoxy) is 2. The molecule has 154 valence electrons. The zero-order chi connectivity index (χ0) is 19.9. The van der Waals surface area contributed by atoms with Crippen molar-refractivity contribution in [3.63, 3.8) is 0 Å². The molecule has 0 saturated carbocycles. The summed E-state index contributed by atoms with van der Waals surface area (Å²) in [4.78, 5) is 0. The van der Waals surface area contributed by atoms with E-state index in [4.69, 9.17) is 20.9 Å². The Labute approximate surface area is 170 Å². The first-order chi connectivity index (χ1) is 13.8. The molecule has 0 amide bonds. The van der Waals surface area contributed by atoms with Crippen LogP contribution < -0.4 is 20.9 Å². The van der Waals surface area contributed by atoms with E-state index in [1.807, 2.05) is 24.3 Å². The highest BCUT2D eigenvalue weighted by Crippen LogP contribution is 2.25. The van der Waals surface area contributed by atoms with Crippen LogP contribution in [0.3, 0.4) is 0 Å². The summed E-state index contributed by atoms with van der Waals surface area (Å²) in [5.41, 5.74) is 13.4. The summed E-state index contributed by atoms with van der Waals surface area (Å²) in [6.45, 7) is 3.10. The summed E-state index contributed by atoms with van der Waals surface area (Å²) in [6, 6.07) is 16.6. The molecule has 0 atom stereocenters. The van der Waals surface area contributed by atoms with E-state index in [2.05, 4.69) is 24.3 Å². The lowest BCUT2D eigenvalue weighted by atomic mass is 10.1. The maximum Gasteiger partial charge on any atom is 0.119 e. The fourth-order valence-electron chi connectivity index (χ4n) is 3.07. The van der Waals surface area contributed by atoms with Gasteiger partial charge in [-0.2, -0.15) is 0 Å². The van der Waals surface area contributed by atoms with E-state index in [-0.39, 0.29) is 0 Å². The minimum absolute atomic E-state index is 0.766. The molecule has 4 heteroatoms. The van der Waals surface area contributed by atoms with E-state index in [0.717, 1.165) is 63.5 Å². The van der Waals surface area contributed by atoms with Crippen LogP contribution in [0.25, 0.3) is 11.1 Å². The summed E-state index contributed by atoms with van der Waals surface area (Å²) >= 11 is 0. The van der Waals surface area contributed by atoms with Crippen molar-refractivity contribution in [2.45, 2.75) is 51.4 Å². The zero-order valence-electron chi connectivity index (χ0n) is 17.1. The van der Waals surface area contributed by atoms with Crippen LogP contribution in [-0.2, 0) is 0 Å². The summed E-state index contributed by atoms with van der Waals surface area (Å²) in [5.74, 6) is 1.86. The quantitative estimate of drug-likeness (QED) is 0.417. The van der Waals surface area contributed by atoms with Gasteiger partial charge in [-0.25, -0.2) is 0 Å². The monoisotopic (exact) mass is 384 g/mol. The Balaban J connectivity index is 1.71. The Morgan fingerprint density at radius 3 is 1.18 bits per heavy atom. The number of hydrogen-bond donors (Lipinski definition) is 2. The molecule has 28 heavy (non-hydrogen) atoms. The fourth-order valence-corrected chi connectivity index (χ4v) is 3.07. The highest BCUT2D eigenvalue weighted by molar-refractivity contribution is 5.64. The van der Waals surface area contributed by atoms with Gasteiger partial charge in [0.2, 0.25) is 0 Å². The molecule has 2 aromatic carbocycles. The van der Waals surface area contributed by atoms with Gasteiger partial charge in [-0.15, -0.1) is 0 Å². The molecule has 0 aliphatic carbocycles. The average Bonchev–Trinajstić information content (AvgIpc) is 2.74. The van der Waals surface area contributed by atoms with Gasteiger partial charge in [-0.3, -0.25) is 0 Å². The van der Waals surface area contributed by atoms with Gasteiger partial charge in [0, 0.05) is 0 Å². The highest BCUT2D eigenvalue weighted by atomic mass is 16.5. The lowest BCUT2D eigenvalue weighted by molar-refractivity contribution is 0.304. The molecule has 4 N–H and O–H groups in total. The molecule has 0 aliphatic heterocycles. The summed E-state index contributed by atoms with van der Waals surface area (Å²) < 4.78 is 11.6. The van der Waals surface area contributed by atoms with Crippen molar-refractivity contribution >= 4 is 0 Å². The van der Waals surface area contributed by atoms with Crippen molar-refractivity contribution in [3.05, 3.63) is 48.5 Å². The number of unbranched alkanes of at least 4 members (excludes halogenated alkanes) is 6. The predicted molar refractivity (Wildman–Crippen MR) is 118 cm³/mol. The molecule has 0 bridgehead atoms. The second kappa shape index (κ2) is 14.0. The van der Waals surface area contributed by atoms with Crippen LogP contribution >= 0.6 is 0 Å². The van der Waals surface area contributed by atoms with E-state index in [0.29, 0.717) is 0 Å².